The van der Waals surface area contributed by atoms with Gasteiger partial charge >= 0.3 is 0 Å². The first kappa shape index (κ1) is 21.1. The molecule has 8 heteroatoms. The molecule has 1 amide bonds. The van der Waals surface area contributed by atoms with Gasteiger partial charge in [0.25, 0.3) is 0 Å². The number of hydrazone groups is 1. The van der Waals surface area contributed by atoms with E-state index in [0.717, 1.165) is 21.8 Å². The number of nitrogens with one attached hydrogen (secondary N) is 1. The van der Waals surface area contributed by atoms with E-state index in [9.17, 15) is 9.59 Å². The van der Waals surface area contributed by atoms with Crippen LogP contribution in [0.1, 0.15) is 30.5 Å². The van der Waals surface area contributed by atoms with Gasteiger partial charge in [0.15, 0.2) is 17.8 Å². The standard InChI is InChI=1S/C23H21ClN4O2S/c1-14-12-13-31-21(14)23-27(19-10-6-18(7-11-19)25-16(3)30)22(15(2)29)26-28(23)20-8-4-17(24)5-9-20/h4-13,23H,1-3H3,(H,25,30)/t23-/m1/s1. The maximum absolute atomic E-state index is 12.6. The van der Waals surface area contributed by atoms with Gasteiger partial charge in [-0.3, -0.25) is 14.5 Å². The molecule has 0 radical (unpaired) electrons. The van der Waals surface area contributed by atoms with E-state index in [1.165, 1.54) is 13.8 Å². The minimum absolute atomic E-state index is 0.137. The molecule has 31 heavy (non-hydrogen) atoms. The predicted molar refractivity (Wildman–Crippen MR) is 127 cm³/mol. The first-order chi connectivity index (χ1) is 14.8. The van der Waals surface area contributed by atoms with Gasteiger partial charge in [0.1, 0.15) is 0 Å². The topological polar surface area (TPSA) is 65.0 Å². The van der Waals surface area contributed by atoms with E-state index in [1.807, 2.05) is 63.8 Å². The van der Waals surface area contributed by atoms with Gasteiger partial charge in [-0.15, -0.1) is 16.4 Å². The number of amidine groups is 1. The Morgan fingerprint density at radius 2 is 1.65 bits per heavy atom. The summed E-state index contributed by atoms with van der Waals surface area (Å²) in [4.78, 5) is 27.0. The number of nitrogens with zero attached hydrogens (tertiary/aromatic N) is 3. The number of carbonyl (C=O) groups excluding carboxylic acids is 2. The Bertz CT molecular complexity index is 1160. The lowest BCUT2D eigenvalue weighted by atomic mass is 10.1. The molecule has 0 saturated carbocycles. The zero-order chi connectivity index (χ0) is 22.1. The van der Waals surface area contributed by atoms with Gasteiger partial charge in [0, 0.05) is 30.2 Å². The second-order valence-corrected chi connectivity index (χ2v) is 8.62. The van der Waals surface area contributed by atoms with Gasteiger partial charge in [0.05, 0.1) is 10.6 Å². The van der Waals surface area contributed by atoms with Crippen LogP contribution in [0.3, 0.4) is 0 Å². The second kappa shape index (κ2) is 8.53. The third kappa shape index (κ3) is 4.19. The predicted octanol–water partition coefficient (Wildman–Crippen LogP) is 5.60. The maximum Gasteiger partial charge on any atom is 0.221 e. The number of ketones is 1. The molecule has 1 N–H and O–H groups in total. The first-order valence-electron chi connectivity index (χ1n) is 9.70. The molecule has 1 aliphatic heterocycles. The van der Waals surface area contributed by atoms with Crippen LogP contribution in [0, 0.1) is 6.92 Å². The monoisotopic (exact) mass is 452 g/mol. The van der Waals surface area contributed by atoms with Crippen molar-refractivity contribution in [1.82, 2.24) is 0 Å². The fourth-order valence-corrected chi connectivity index (χ4v) is 4.64. The van der Waals surface area contributed by atoms with Gasteiger partial charge in [-0.25, -0.2) is 5.01 Å². The highest BCUT2D eigenvalue weighted by Gasteiger charge is 2.40. The highest BCUT2D eigenvalue weighted by molar-refractivity contribution is 7.10. The van der Waals surface area contributed by atoms with E-state index < -0.39 is 0 Å². The van der Waals surface area contributed by atoms with Crippen LogP contribution in [0.4, 0.5) is 17.1 Å². The van der Waals surface area contributed by atoms with Crippen molar-refractivity contribution in [3.63, 3.8) is 0 Å². The Morgan fingerprint density at radius 3 is 2.19 bits per heavy atom. The lowest BCUT2D eigenvalue weighted by Gasteiger charge is -2.31. The Hall–Kier alpha value is -3.16. The van der Waals surface area contributed by atoms with Gasteiger partial charge in [-0.2, -0.15) is 0 Å². The van der Waals surface area contributed by atoms with Crippen LogP contribution in [0.15, 0.2) is 65.1 Å². The summed E-state index contributed by atoms with van der Waals surface area (Å²) in [5.74, 6) is 0.0718. The molecular formula is C23H21ClN4O2S. The van der Waals surface area contributed by atoms with Gasteiger partial charge in [0.2, 0.25) is 5.91 Å². The van der Waals surface area contributed by atoms with Crippen LogP contribution in [0.5, 0.6) is 0 Å². The molecule has 1 aromatic heterocycles. The summed E-state index contributed by atoms with van der Waals surface area (Å²) in [6.07, 6.45) is -0.327. The van der Waals surface area contributed by atoms with E-state index in [-0.39, 0.29) is 17.9 Å². The minimum Gasteiger partial charge on any atom is -0.326 e. The SMILES string of the molecule is CC(=O)Nc1ccc(N2C(C(C)=O)=NN(c3ccc(Cl)cc3)[C@@H]2c2sccc2C)cc1. The Labute approximate surface area is 189 Å². The summed E-state index contributed by atoms with van der Waals surface area (Å²) in [7, 11) is 0. The van der Waals surface area contributed by atoms with Crippen LogP contribution < -0.4 is 15.2 Å². The summed E-state index contributed by atoms with van der Waals surface area (Å²) >= 11 is 7.71. The third-order valence-corrected chi connectivity index (χ3v) is 6.23. The molecule has 0 unspecified atom stereocenters. The zero-order valence-electron chi connectivity index (χ0n) is 17.3. The molecule has 0 bridgehead atoms. The summed E-state index contributed by atoms with van der Waals surface area (Å²) in [6.45, 7) is 5.03. The molecule has 0 fully saturated rings. The maximum atomic E-state index is 12.6. The highest BCUT2D eigenvalue weighted by atomic mass is 35.5. The zero-order valence-corrected chi connectivity index (χ0v) is 18.9. The fourth-order valence-electron chi connectivity index (χ4n) is 3.51. The van der Waals surface area contributed by atoms with Crippen molar-refractivity contribution in [1.29, 1.82) is 0 Å². The Kier molecular flexibility index (Phi) is 5.80. The highest BCUT2D eigenvalue weighted by Crippen LogP contribution is 2.42. The molecule has 0 aliphatic carbocycles. The van der Waals surface area contributed by atoms with E-state index in [0.29, 0.717) is 16.5 Å². The van der Waals surface area contributed by atoms with E-state index in [1.54, 1.807) is 11.3 Å². The number of anilines is 3. The second-order valence-electron chi connectivity index (χ2n) is 7.24. The summed E-state index contributed by atoms with van der Waals surface area (Å²) in [5, 5.41) is 12.0. The molecule has 3 aromatic rings. The van der Waals surface area contributed by atoms with E-state index in [4.69, 9.17) is 16.7 Å². The number of aryl methyl sites for hydroxylation is 1. The fraction of sp³-hybridized carbons (Fsp3) is 0.174. The summed E-state index contributed by atoms with van der Waals surface area (Å²) < 4.78 is 0. The van der Waals surface area contributed by atoms with Crippen molar-refractivity contribution in [3.8, 4) is 0 Å². The van der Waals surface area contributed by atoms with Crippen molar-refractivity contribution in [2.75, 3.05) is 15.2 Å². The number of rotatable bonds is 5. The van der Waals surface area contributed by atoms with Gasteiger partial charge < -0.3 is 5.32 Å². The largest absolute Gasteiger partial charge is 0.326 e. The van der Waals surface area contributed by atoms with E-state index >= 15 is 0 Å². The number of thiophene rings is 1. The molecule has 4 rings (SSSR count). The van der Waals surface area contributed by atoms with Crippen LogP contribution in [0.25, 0.3) is 0 Å². The van der Waals surface area contributed by atoms with Gasteiger partial charge in [-0.1, -0.05) is 11.6 Å². The van der Waals surface area contributed by atoms with Crippen molar-refractivity contribution in [2.24, 2.45) is 5.10 Å². The van der Waals surface area contributed by atoms with Crippen molar-refractivity contribution in [3.05, 3.63) is 75.4 Å². The molecule has 158 valence electrons. The van der Waals surface area contributed by atoms with Crippen LogP contribution in [-0.4, -0.2) is 17.5 Å². The number of amides is 1. The Morgan fingerprint density at radius 1 is 1.00 bits per heavy atom. The molecule has 1 aliphatic rings. The molecular weight excluding hydrogens is 432 g/mol. The normalized spacial score (nSPS) is 15.7. The first-order valence-corrected chi connectivity index (χ1v) is 11.0. The molecule has 6 nitrogen and oxygen atoms in total. The van der Waals surface area contributed by atoms with E-state index in [2.05, 4.69) is 18.3 Å². The quantitative estimate of drug-likeness (QED) is 0.547. The minimum atomic E-state index is -0.327. The molecule has 1 atom stereocenters. The van der Waals surface area contributed by atoms with Crippen LogP contribution in [-0.2, 0) is 9.59 Å². The molecule has 2 heterocycles. The van der Waals surface area contributed by atoms with Crippen LogP contribution in [0.2, 0.25) is 5.02 Å². The smallest absolute Gasteiger partial charge is 0.221 e. The average molecular weight is 453 g/mol. The van der Waals surface area contributed by atoms with Crippen molar-refractivity contribution < 1.29 is 9.59 Å². The van der Waals surface area contributed by atoms with Gasteiger partial charge in [-0.05, 0) is 72.5 Å². The number of benzene rings is 2. The van der Waals surface area contributed by atoms with Crippen LogP contribution >= 0.6 is 22.9 Å². The number of hydrogen-bond acceptors (Lipinski definition) is 6. The lowest BCUT2D eigenvalue weighted by Crippen LogP contribution is -2.37. The summed E-state index contributed by atoms with van der Waals surface area (Å²) in [6, 6.07) is 16.9. The average Bonchev–Trinajstić information content (AvgIpc) is 3.32. The lowest BCUT2D eigenvalue weighted by molar-refractivity contribution is -0.114. The van der Waals surface area contributed by atoms with Crippen molar-refractivity contribution in [2.45, 2.75) is 26.9 Å². The summed E-state index contributed by atoms with van der Waals surface area (Å²) in [5.41, 5.74) is 3.44. The molecule has 2 aromatic carbocycles. The number of Topliss-reactive ketones (excluding diaryl/α,β-unsaturated/α-hetero) is 1. The number of halogens is 1. The molecule has 0 saturated heterocycles. The number of hydrogen-bond donors (Lipinski definition) is 1. The third-order valence-electron chi connectivity index (χ3n) is 4.91. The Balaban J connectivity index is 1.83. The molecule has 0 spiro atoms. The van der Waals surface area contributed by atoms with Crippen molar-refractivity contribution >= 4 is 57.5 Å². The number of carbonyl (C=O) groups is 2.